The van der Waals surface area contributed by atoms with Gasteiger partial charge in [-0.15, -0.1) is 0 Å². The van der Waals surface area contributed by atoms with Crippen molar-refractivity contribution in [3.8, 4) is 0 Å². The molecule has 9 nitrogen and oxygen atoms in total. The Hall–Kier alpha value is -4.50. The van der Waals surface area contributed by atoms with Gasteiger partial charge < -0.3 is 20.3 Å². The molecule has 184 valence electrons. The predicted octanol–water partition coefficient (Wildman–Crippen LogP) is 4.77. The molecule has 1 aliphatic rings. The van der Waals surface area contributed by atoms with Crippen LogP contribution in [0.1, 0.15) is 34.0 Å². The Balaban J connectivity index is 1.82. The summed E-state index contributed by atoms with van der Waals surface area (Å²) in [6, 6.07) is 19.1. The second-order valence-corrected chi connectivity index (χ2v) is 8.51. The maximum atomic E-state index is 13.2. The molecule has 3 aromatic rings. The van der Waals surface area contributed by atoms with E-state index in [0.29, 0.717) is 45.9 Å². The lowest BCUT2D eigenvalue weighted by molar-refractivity contribution is -0.385. The zero-order valence-electron chi connectivity index (χ0n) is 20.2. The zero-order valence-corrected chi connectivity index (χ0v) is 20.2. The van der Waals surface area contributed by atoms with Crippen LogP contribution in [0.5, 0.6) is 0 Å². The first-order valence-electron chi connectivity index (χ1n) is 11.4. The maximum Gasteiger partial charge on any atom is 0.338 e. The number of anilines is 2. The summed E-state index contributed by atoms with van der Waals surface area (Å²) in [5.41, 5.74) is 4.06. The van der Waals surface area contributed by atoms with Crippen molar-refractivity contribution in [3.63, 3.8) is 0 Å². The summed E-state index contributed by atoms with van der Waals surface area (Å²) in [5.74, 6) is -0.824. The minimum atomic E-state index is -0.474. The third-order valence-electron chi connectivity index (χ3n) is 5.63. The molecule has 0 aliphatic carbocycles. The first-order valence-corrected chi connectivity index (χ1v) is 11.4. The summed E-state index contributed by atoms with van der Waals surface area (Å²) in [7, 11) is 3.69. The minimum absolute atomic E-state index is 0.0125. The van der Waals surface area contributed by atoms with Crippen LogP contribution in [0.15, 0.2) is 66.7 Å². The van der Waals surface area contributed by atoms with Crippen LogP contribution in [-0.4, -0.2) is 42.4 Å². The summed E-state index contributed by atoms with van der Waals surface area (Å²) >= 11 is 0. The van der Waals surface area contributed by atoms with Crippen molar-refractivity contribution < 1.29 is 19.2 Å². The molecule has 0 atom stereocenters. The average molecular weight is 487 g/mol. The topological polar surface area (TPSA) is 114 Å². The van der Waals surface area contributed by atoms with Gasteiger partial charge in [-0.05, 0) is 50.8 Å². The summed E-state index contributed by atoms with van der Waals surface area (Å²) in [6.07, 6.45) is 0. The molecule has 1 amide bonds. The largest absolute Gasteiger partial charge is 0.462 e. The van der Waals surface area contributed by atoms with Gasteiger partial charge in [0.25, 0.3) is 11.6 Å². The van der Waals surface area contributed by atoms with E-state index in [0.717, 1.165) is 5.56 Å². The van der Waals surface area contributed by atoms with E-state index in [9.17, 15) is 19.7 Å². The number of nitrogens with zero attached hydrogens (tertiary/aromatic N) is 2. The lowest BCUT2D eigenvalue weighted by atomic mass is 9.99. The van der Waals surface area contributed by atoms with Crippen molar-refractivity contribution in [1.82, 2.24) is 4.90 Å². The van der Waals surface area contributed by atoms with E-state index < -0.39 is 10.9 Å². The highest BCUT2D eigenvalue weighted by atomic mass is 16.6. The van der Waals surface area contributed by atoms with Gasteiger partial charge >= 0.3 is 5.97 Å². The Kier molecular flexibility index (Phi) is 7.12. The van der Waals surface area contributed by atoms with Gasteiger partial charge in [0, 0.05) is 29.4 Å². The van der Waals surface area contributed by atoms with E-state index in [-0.39, 0.29) is 18.2 Å². The molecule has 0 unspecified atom stereocenters. The van der Waals surface area contributed by atoms with E-state index in [1.54, 1.807) is 37.3 Å². The number of hydrogen-bond donors (Lipinski definition) is 2. The highest BCUT2D eigenvalue weighted by Gasteiger charge is 2.29. The van der Waals surface area contributed by atoms with E-state index in [2.05, 4.69) is 10.6 Å². The highest BCUT2D eigenvalue weighted by molar-refractivity contribution is 6.37. The third-order valence-corrected chi connectivity index (χ3v) is 5.63. The van der Waals surface area contributed by atoms with Crippen molar-refractivity contribution in [3.05, 3.63) is 99.1 Å². The van der Waals surface area contributed by atoms with Crippen molar-refractivity contribution in [2.75, 3.05) is 31.3 Å². The average Bonchev–Trinajstić information content (AvgIpc) is 3.18. The molecule has 0 fully saturated rings. The minimum Gasteiger partial charge on any atom is -0.462 e. The summed E-state index contributed by atoms with van der Waals surface area (Å²) in [4.78, 5) is 38.5. The standard InChI is InChI=1S/C27H26N4O5/c1-4-36-27(33)18-11-13-21-22(14-18)29-26(32)24(21)25(17-8-6-5-7-9-17)28-20-12-10-19(16-30(2)3)23(15-20)31(34)35/h5-15,28H,4,16H2,1-3H3,(H,29,32)/b25-24+. The van der Waals surface area contributed by atoms with Crippen LogP contribution >= 0.6 is 0 Å². The Morgan fingerprint density at radius 2 is 1.81 bits per heavy atom. The summed E-state index contributed by atoms with van der Waals surface area (Å²) in [6.45, 7) is 2.39. The molecule has 4 rings (SSSR count). The fourth-order valence-corrected chi connectivity index (χ4v) is 4.08. The Bertz CT molecular complexity index is 1370. The number of carbonyl (C=O) groups excluding carboxylic acids is 2. The molecule has 3 aromatic carbocycles. The fraction of sp³-hybridized carbons (Fsp3) is 0.185. The molecular formula is C27H26N4O5. The molecule has 1 aliphatic heterocycles. The molecule has 9 heteroatoms. The molecule has 0 saturated carbocycles. The number of ether oxygens (including phenoxy) is 1. The van der Waals surface area contributed by atoms with Gasteiger partial charge in [-0.1, -0.05) is 36.4 Å². The van der Waals surface area contributed by atoms with Gasteiger partial charge in [-0.25, -0.2) is 4.79 Å². The van der Waals surface area contributed by atoms with Crippen LogP contribution in [0.25, 0.3) is 11.3 Å². The molecule has 2 N–H and O–H groups in total. The first-order chi connectivity index (χ1) is 17.3. The Morgan fingerprint density at radius 3 is 2.47 bits per heavy atom. The number of nitro groups is 1. The molecule has 0 spiro atoms. The van der Waals surface area contributed by atoms with Crippen molar-refractivity contribution in [2.24, 2.45) is 0 Å². The number of carbonyl (C=O) groups is 2. The van der Waals surface area contributed by atoms with Gasteiger partial charge in [0.1, 0.15) is 0 Å². The van der Waals surface area contributed by atoms with Gasteiger partial charge in [0.15, 0.2) is 0 Å². The van der Waals surface area contributed by atoms with Crippen molar-refractivity contribution in [1.29, 1.82) is 0 Å². The van der Waals surface area contributed by atoms with Crippen LogP contribution in [-0.2, 0) is 16.1 Å². The Morgan fingerprint density at radius 1 is 1.06 bits per heavy atom. The van der Waals surface area contributed by atoms with E-state index >= 15 is 0 Å². The van der Waals surface area contributed by atoms with Gasteiger partial charge in [-0.3, -0.25) is 14.9 Å². The van der Waals surface area contributed by atoms with Crippen LogP contribution in [0.3, 0.4) is 0 Å². The highest BCUT2D eigenvalue weighted by Crippen LogP contribution is 2.38. The predicted molar refractivity (Wildman–Crippen MR) is 138 cm³/mol. The van der Waals surface area contributed by atoms with Crippen LogP contribution in [0, 0.1) is 10.1 Å². The van der Waals surface area contributed by atoms with Crippen LogP contribution in [0.2, 0.25) is 0 Å². The maximum absolute atomic E-state index is 13.2. The lowest BCUT2D eigenvalue weighted by Crippen LogP contribution is -2.13. The molecule has 36 heavy (non-hydrogen) atoms. The SMILES string of the molecule is CCOC(=O)c1ccc2c(c1)NC(=O)/C2=C(/Nc1ccc(CN(C)C)c([N+](=O)[O-])c1)c1ccccc1. The third kappa shape index (κ3) is 5.11. The number of benzene rings is 3. The normalized spacial score (nSPS) is 13.7. The summed E-state index contributed by atoms with van der Waals surface area (Å²) < 4.78 is 5.07. The second kappa shape index (κ2) is 10.4. The monoisotopic (exact) mass is 486 g/mol. The molecule has 1 heterocycles. The number of amides is 1. The second-order valence-electron chi connectivity index (χ2n) is 8.51. The lowest BCUT2D eigenvalue weighted by Gasteiger charge is -2.16. The summed E-state index contributed by atoms with van der Waals surface area (Å²) in [5, 5.41) is 17.8. The van der Waals surface area contributed by atoms with Crippen molar-refractivity contribution >= 4 is 40.2 Å². The first kappa shape index (κ1) is 24.6. The fourth-order valence-electron chi connectivity index (χ4n) is 4.08. The molecule has 0 radical (unpaired) electrons. The van der Waals surface area contributed by atoms with Crippen molar-refractivity contribution in [2.45, 2.75) is 13.5 Å². The van der Waals surface area contributed by atoms with Gasteiger partial charge in [0.05, 0.1) is 34.1 Å². The van der Waals surface area contributed by atoms with E-state index in [1.165, 1.54) is 6.07 Å². The van der Waals surface area contributed by atoms with E-state index in [4.69, 9.17) is 4.74 Å². The molecule has 0 saturated heterocycles. The zero-order chi connectivity index (χ0) is 25.8. The number of rotatable bonds is 8. The quantitative estimate of drug-likeness (QED) is 0.204. The molecular weight excluding hydrogens is 460 g/mol. The van der Waals surface area contributed by atoms with Crippen LogP contribution < -0.4 is 10.6 Å². The van der Waals surface area contributed by atoms with Gasteiger partial charge in [-0.2, -0.15) is 0 Å². The number of esters is 1. The number of fused-ring (bicyclic) bond motifs is 1. The number of nitrogens with one attached hydrogen (secondary N) is 2. The number of nitro benzene ring substituents is 1. The van der Waals surface area contributed by atoms with Gasteiger partial charge in [0.2, 0.25) is 0 Å². The molecule has 0 aromatic heterocycles. The van der Waals surface area contributed by atoms with E-state index in [1.807, 2.05) is 49.3 Å². The van der Waals surface area contributed by atoms with Crippen LogP contribution in [0.4, 0.5) is 17.1 Å². The number of hydrogen-bond acceptors (Lipinski definition) is 7. The molecule has 0 bridgehead atoms. The smallest absolute Gasteiger partial charge is 0.338 e. The Labute approximate surface area is 208 Å².